The van der Waals surface area contributed by atoms with Crippen LogP contribution in [0.15, 0.2) is 69.9 Å². The summed E-state index contributed by atoms with van der Waals surface area (Å²) in [6.07, 6.45) is 0. The second kappa shape index (κ2) is 5.32. The van der Waals surface area contributed by atoms with Crippen LogP contribution in [-0.2, 0) is 0 Å². The molecular weight excluding hydrogens is 274 g/mol. The van der Waals surface area contributed by atoms with E-state index in [1.165, 1.54) is 60.7 Å². The standard InChI is InChI=1S/C17H10F2O2/c18-13-5-1-11(2-6-13)16-9-15(20)10-17(21-16)12-3-7-14(19)8-4-12/h1-10H. The molecule has 0 aliphatic heterocycles. The lowest BCUT2D eigenvalue weighted by Crippen LogP contribution is -1.98. The summed E-state index contributed by atoms with van der Waals surface area (Å²) in [5, 5.41) is 0. The number of halogens is 2. The van der Waals surface area contributed by atoms with Crippen molar-refractivity contribution in [2.75, 3.05) is 0 Å². The van der Waals surface area contributed by atoms with Gasteiger partial charge in [0.1, 0.15) is 23.2 Å². The summed E-state index contributed by atoms with van der Waals surface area (Å²) < 4.78 is 31.5. The molecule has 0 N–H and O–H groups in total. The minimum Gasteiger partial charge on any atom is -0.456 e. The molecule has 4 heteroatoms. The summed E-state index contributed by atoms with van der Waals surface area (Å²) in [6, 6.07) is 14.0. The molecule has 3 rings (SSSR count). The van der Waals surface area contributed by atoms with Crippen LogP contribution in [0, 0.1) is 11.6 Å². The van der Waals surface area contributed by atoms with Crippen LogP contribution in [0.1, 0.15) is 0 Å². The summed E-state index contributed by atoms with van der Waals surface area (Å²) in [5.41, 5.74) is 0.954. The van der Waals surface area contributed by atoms with E-state index in [1.807, 2.05) is 0 Å². The van der Waals surface area contributed by atoms with Crippen molar-refractivity contribution in [1.29, 1.82) is 0 Å². The molecule has 104 valence electrons. The molecule has 0 atom stereocenters. The van der Waals surface area contributed by atoms with Crippen LogP contribution in [-0.4, -0.2) is 0 Å². The molecule has 1 heterocycles. The van der Waals surface area contributed by atoms with E-state index in [9.17, 15) is 13.6 Å². The Morgan fingerprint density at radius 3 is 1.43 bits per heavy atom. The van der Waals surface area contributed by atoms with Gasteiger partial charge in [0, 0.05) is 23.3 Å². The first-order valence-electron chi connectivity index (χ1n) is 6.29. The first kappa shape index (κ1) is 13.2. The Labute approximate surface area is 119 Å². The summed E-state index contributed by atoms with van der Waals surface area (Å²) in [4.78, 5) is 11.8. The molecule has 0 radical (unpaired) electrons. The molecule has 0 amide bonds. The first-order valence-corrected chi connectivity index (χ1v) is 6.29. The summed E-state index contributed by atoms with van der Waals surface area (Å²) >= 11 is 0. The third-order valence-electron chi connectivity index (χ3n) is 3.02. The second-order valence-electron chi connectivity index (χ2n) is 4.54. The van der Waals surface area contributed by atoms with Gasteiger partial charge in [0.25, 0.3) is 0 Å². The van der Waals surface area contributed by atoms with E-state index in [2.05, 4.69) is 0 Å². The highest BCUT2D eigenvalue weighted by Crippen LogP contribution is 2.25. The van der Waals surface area contributed by atoms with Crippen molar-refractivity contribution in [3.8, 4) is 22.6 Å². The molecule has 0 saturated carbocycles. The largest absolute Gasteiger partial charge is 0.456 e. The van der Waals surface area contributed by atoms with E-state index in [0.717, 1.165) is 0 Å². The second-order valence-corrected chi connectivity index (χ2v) is 4.54. The van der Waals surface area contributed by atoms with E-state index in [4.69, 9.17) is 4.42 Å². The van der Waals surface area contributed by atoms with E-state index in [-0.39, 0.29) is 17.1 Å². The zero-order valence-corrected chi connectivity index (χ0v) is 10.8. The van der Waals surface area contributed by atoms with Crippen LogP contribution >= 0.6 is 0 Å². The minimum absolute atomic E-state index is 0.236. The van der Waals surface area contributed by atoms with Crippen LogP contribution in [0.3, 0.4) is 0 Å². The maximum absolute atomic E-state index is 12.9. The van der Waals surface area contributed by atoms with Gasteiger partial charge in [-0.15, -0.1) is 0 Å². The van der Waals surface area contributed by atoms with E-state index in [1.54, 1.807) is 0 Å². The molecule has 0 bridgehead atoms. The van der Waals surface area contributed by atoms with Gasteiger partial charge >= 0.3 is 0 Å². The molecule has 2 aromatic carbocycles. The third-order valence-corrected chi connectivity index (χ3v) is 3.02. The molecule has 0 aliphatic rings. The molecule has 0 unspecified atom stereocenters. The van der Waals surface area contributed by atoms with Gasteiger partial charge in [0.15, 0.2) is 5.43 Å². The van der Waals surface area contributed by atoms with Gasteiger partial charge in [0.2, 0.25) is 0 Å². The van der Waals surface area contributed by atoms with Crippen molar-refractivity contribution >= 4 is 0 Å². The summed E-state index contributed by atoms with van der Waals surface area (Å²) in [7, 11) is 0. The van der Waals surface area contributed by atoms with E-state index in [0.29, 0.717) is 22.6 Å². The Hall–Kier alpha value is -2.75. The Morgan fingerprint density at radius 1 is 0.667 bits per heavy atom. The number of rotatable bonds is 2. The molecular formula is C17H10F2O2. The fourth-order valence-electron chi connectivity index (χ4n) is 1.99. The average molecular weight is 284 g/mol. The van der Waals surface area contributed by atoms with Gasteiger partial charge in [0.05, 0.1) is 0 Å². The highest BCUT2D eigenvalue weighted by molar-refractivity contribution is 5.62. The SMILES string of the molecule is O=c1cc(-c2ccc(F)cc2)oc(-c2ccc(F)cc2)c1. The van der Waals surface area contributed by atoms with Crippen LogP contribution in [0.5, 0.6) is 0 Å². The van der Waals surface area contributed by atoms with Crippen LogP contribution in [0.4, 0.5) is 8.78 Å². The van der Waals surface area contributed by atoms with Gasteiger partial charge < -0.3 is 4.42 Å². The molecule has 21 heavy (non-hydrogen) atoms. The normalized spacial score (nSPS) is 10.6. The summed E-state index contributed by atoms with van der Waals surface area (Å²) in [6.45, 7) is 0. The van der Waals surface area contributed by atoms with E-state index >= 15 is 0 Å². The lowest BCUT2D eigenvalue weighted by molar-refractivity contribution is 0.579. The lowest BCUT2D eigenvalue weighted by atomic mass is 10.1. The topological polar surface area (TPSA) is 30.2 Å². The van der Waals surface area contributed by atoms with Crippen LogP contribution < -0.4 is 5.43 Å². The monoisotopic (exact) mass is 284 g/mol. The predicted octanol–water partition coefficient (Wildman–Crippen LogP) is 4.25. The fraction of sp³-hybridized carbons (Fsp3) is 0. The zero-order chi connectivity index (χ0) is 14.8. The zero-order valence-electron chi connectivity index (χ0n) is 10.8. The van der Waals surface area contributed by atoms with E-state index < -0.39 is 0 Å². The molecule has 0 fully saturated rings. The maximum atomic E-state index is 12.9. The van der Waals surface area contributed by atoms with Gasteiger partial charge in [-0.3, -0.25) is 4.79 Å². The molecule has 0 saturated heterocycles. The number of benzene rings is 2. The Balaban J connectivity index is 2.10. The lowest BCUT2D eigenvalue weighted by Gasteiger charge is -2.05. The Morgan fingerprint density at radius 2 is 1.05 bits per heavy atom. The smallest absolute Gasteiger partial charge is 0.186 e. The average Bonchev–Trinajstić information content (AvgIpc) is 2.48. The highest BCUT2D eigenvalue weighted by atomic mass is 19.1. The van der Waals surface area contributed by atoms with Crippen molar-refractivity contribution in [2.45, 2.75) is 0 Å². The van der Waals surface area contributed by atoms with Gasteiger partial charge in [-0.05, 0) is 48.5 Å². The Kier molecular flexibility index (Phi) is 3.36. The summed E-state index contributed by atoms with van der Waals surface area (Å²) in [5.74, 6) is -0.0600. The maximum Gasteiger partial charge on any atom is 0.186 e. The Bertz CT molecular complexity index is 752. The number of hydrogen-bond donors (Lipinski definition) is 0. The number of hydrogen-bond acceptors (Lipinski definition) is 2. The van der Waals surface area contributed by atoms with Crippen molar-refractivity contribution in [3.05, 3.63) is 82.5 Å². The molecule has 0 aliphatic carbocycles. The van der Waals surface area contributed by atoms with Crippen molar-refractivity contribution in [1.82, 2.24) is 0 Å². The van der Waals surface area contributed by atoms with Gasteiger partial charge in [-0.2, -0.15) is 0 Å². The quantitative estimate of drug-likeness (QED) is 0.704. The minimum atomic E-state index is -0.365. The van der Waals surface area contributed by atoms with Crippen LogP contribution in [0.25, 0.3) is 22.6 Å². The molecule has 1 aromatic heterocycles. The third kappa shape index (κ3) is 2.89. The van der Waals surface area contributed by atoms with Gasteiger partial charge in [-0.25, -0.2) is 8.78 Å². The predicted molar refractivity (Wildman–Crippen MR) is 75.8 cm³/mol. The van der Waals surface area contributed by atoms with Crippen molar-refractivity contribution in [2.24, 2.45) is 0 Å². The molecule has 3 aromatic rings. The highest BCUT2D eigenvalue weighted by Gasteiger charge is 2.07. The first-order chi connectivity index (χ1) is 10.1. The van der Waals surface area contributed by atoms with Crippen LogP contribution in [0.2, 0.25) is 0 Å². The van der Waals surface area contributed by atoms with Gasteiger partial charge in [-0.1, -0.05) is 0 Å². The van der Waals surface area contributed by atoms with Crippen molar-refractivity contribution < 1.29 is 13.2 Å². The molecule has 2 nitrogen and oxygen atoms in total. The molecule has 0 spiro atoms. The van der Waals surface area contributed by atoms with Crippen molar-refractivity contribution in [3.63, 3.8) is 0 Å². The fourth-order valence-corrected chi connectivity index (χ4v) is 1.99.